The van der Waals surface area contributed by atoms with Crippen molar-refractivity contribution < 1.29 is 14.3 Å². The summed E-state index contributed by atoms with van der Waals surface area (Å²) in [5.41, 5.74) is 12.6. The molecule has 8 nitrogen and oxygen atoms in total. The highest BCUT2D eigenvalue weighted by molar-refractivity contribution is 9.11. The maximum absolute atomic E-state index is 10.4. The highest BCUT2D eigenvalue weighted by Crippen LogP contribution is 2.52. The largest absolute Gasteiger partial charge is 0.381 e. The topological polar surface area (TPSA) is 98.2 Å². The molecule has 2 aromatic carbocycles. The predicted molar refractivity (Wildman–Crippen MR) is 476 cm³/mol. The van der Waals surface area contributed by atoms with Crippen LogP contribution >= 0.6 is 163 Å². The number of amides is 2. The molecular formula is C84H118Br3Cl4N5O3S6. The number of ether oxygens (including phenoxy) is 1. The van der Waals surface area contributed by atoms with Crippen LogP contribution in [-0.2, 0) is 40.0 Å². The fourth-order valence-corrected chi connectivity index (χ4v) is 22.2. The van der Waals surface area contributed by atoms with Gasteiger partial charge < -0.3 is 4.74 Å². The monoisotopic (exact) mass is 1810 g/mol. The number of nitrogens with zero attached hydrogens (tertiary/aromatic N) is 5. The Labute approximate surface area is 701 Å². The van der Waals surface area contributed by atoms with Crippen molar-refractivity contribution in [1.82, 2.24) is 21.4 Å². The first-order valence-corrected chi connectivity index (χ1v) is 49.1. The molecule has 8 aromatic rings. The second-order valence-corrected chi connectivity index (χ2v) is 38.6. The van der Waals surface area contributed by atoms with E-state index in [2.05, 4.69) is 111 Å². The molecule has 0 radical (unpaired) electrons. The molecule has 6 aromatic heterocycles. The number of aryl methyl sites for hydroxylation is 4. The third kappa shape index (κ3) is 31.1. The molecule has 0 atom stereocenters. The van der Waals surface area contributed by atoms with Gasteiger partial charge in [-0.1, -0.05) is 305 Å². The first-order valence-electron chi connectivity index (χ1n) is 40.4. The zero-order valence-electron chi connectivity index (χ0n) is 63.4. The molecule has 8 heterocycles. The zero-order valence-corrected chi connectivity index (χ0v) is 76.1. The molecule has 105 heavy (non-hydrogen) atoms. The number of aromatic nitrogens is 4. The van der Waals surface area contributed by atoms with Gasteiger partial charge in [0.2, 0.25) is 11.8 Å². The van der Waals surface area contributed by atoms with Gasteiger partial charge in [-0.25, -0.2) is 3.93 Å². The van der Waals surface area contributed by atoms with Gasteiger partial charge in [-0.05, 0) is 153 Å². The average molecular weight is 1820 g/mol. The van der Waals surface area contributed by atoms with Crippen molar-refractivity contribution >= 4 is 197 Å². The highest BCUT2D eigenvalue weighted by Gasteiger charge is 2.29. The molecule has 21 heteroatoms. The summed E-state index contributed by atoms with van der Waals surface area (Å²) in [5, 5.41) is 6.91. The van der Waals surface area contributed by atoms with Gasteiger partial charge in [-0.2, -0.15) is 17.5 Å². The van der Waals surface area contributed by atoms with Gasteiger partial charge in [0, 0.05) is 67.8 Å². The van der Waals surface area contributed by atoms with Crippen molar-refractivity contribution in [2.75, 3.05) is 13.2 Å². The molecule has 0 aliphatic carbocycles. The summed E-state index contributed by atoms with van der Waals surface area (Å²) in [4.78, 5) is 25.4. The van der Waals surface area contributed by atoms with E-state index in [1.807, 2.05) is 0 Å². The minimum Gasteiger partial charge on any atom is -0.381 e. The molecule has 2 fully saturated rings. The van der Waals surface area contributed by atoms with Gasteiger partial charge in [0.25, 0.3) is 0 Å². The summed E-state index contributed by atoms with van der Waals surface area (Å²) in [6.07, 6.45) is 61.8. The van der Waals surface area contributed by atoms with Gasteiger partial charge in [0.05, 0.1) is 67.3 Å². The zero-order chi connectivity index (χ0) is 74.8. The minimum absolute atomic E-state index is 0.144. The number of hydrogen-bond donors (Lipinski definition) is 0. The van der Waals surface area contributed by atoms with Crippen molar-refractivity contribution in [3.05, 3.63) is 84.9 Å². The van der Waals surface area contributed by atoms with Crippen LogP contribution in [0.2, 0.25) is 20.1 Å². The lowest BCUT2D eigenvalue weighted by Crippen LogP contribution is -2.16. The van der Waals surface area contributed by atoms with E-state index in [4.69, 9.17) is 68.6 Å². The fourth-order valence-electron chi connectivity index (χ4n) is 13.8. The summed E-state index contributed by atoms with van der Waals surface area (Å²) in [6.45, 7) is 11.1. The molecule has 2 amide bonds. The van der Waals surface area contributed by atoms with E-state index in [-0.39, 0.29) is 11.8 Å². The molecule has 2 aliphatic rings. The maximum atomic E-state index is 10.4. The molecule has 0 N–H and O–H groups in total. The number of halogens is 7. The number of carbonyl (C=O) groups excluding carboxylic acids is 2. The fraction of sp³-hybridized carbons (Fsp3) is 0.643. The standard InChI is InChI=1S/C38H52Br2Cl2N2S3.C38H54Cl2N2S3.C4H4BrNO2.C4H8O/c1-3-5-7-9-11-13-15-17-19-21-23-27-25-29(45-37(27)39)31-33(41)34(42)32(36-35(31)43-47-44-36)30-26-28(38(40)46-30)24-22-20-18-16-14-12-10-8-6-4-2;1-3-5-7-9-11-13-15-17-19-21-23-29-25-31(43-27-29)33-35(39)36(40)34(38-37(33)41-45-42-38)32-26-30(28-44-32)24-22-20-18-16-14-12-10-8-6-4-2;5-6-3(7)1-2-4(6)8;1-2-4-5-3-1/h25-26H,3-24H2,1-2H3;25-28H,3-24H2,1-2H3;1-2H2;1-4H2. The van der Waals surface area contributed by atoms with Crippen molar-refractivity contribution in [1.29, 1.82) is 0 Å². The third-order valence-corrected chi connectivity index (χ3v) is 29.6. The molecule has 582 valence electrons. The van der Waals surface area contributed by atoms with Crippen LogP contribution in [0, 0.1) is 0 Å². The summed E-state index contributed by atoms with van der Waals surface area (Å²) in [5.74, 6) is -0.287. The minimum atomic E-state index is -0.144. The molecule has 0 saturated carbocycles. The first kappa shape index (κ1) is 90.8. The van der Waals surface area contributed by atoms with Gasteiger partial charge in [0.1, 0.15) is 22.1 Å². The van der Waals surface area contributed by atoms with Crippen LogP contribution in [-0.4, -0.2) is 46.4 Å². The van der Waals surface area contributed by atoms with E-state index in [0.29, 0.717) is 32.9 Å². The quantitative estimate of drug-likeness (QED) is 0.0213. The van der Waals surface area contributed by atoms with Gasteiger partial charge >= 0.3 is 0 Å². The first-order chi connectivity index (χ1) is 51.3. The number of rotatable bonds is 48. The second kappa shape index (κ2) is 53.6. The van der Waals surface area contributed by atoms with Crippen LogP contribution in [0.25, 0.3) is 63.8 Å². The van der Waals surface area contributed by atoms with E-state index >= 15 is 0 Å². The molecular weight excluding hydrogens is 1700 g/mol. The number of hydrogen-bond acceptors (Lipinski definition) is 13. The normalized spacial score (nSPS) is 13.0. The lowest BCUT2D eigenvalue weighted by molar-refractivity contribution is -0.131. The lowest BCUT2D eigenvalue weighted by Gasteiger charge is -2.10. The number of thiophene rings is 4. The summed E-state index contributed by atoms with van der Waals surface area (Å²) >= 11 is 48.2. The number of imide groups is 1. The summed E-state index contributed by atoms with van der Waals surface area (Å²) in [7, 11) is 0. The number of benzene rings is 2. The smallest absolute Gasteiger partial charge is 0.239 e. The Balaban J connectivity index is 0.000000249. The van der Waals surface area contributed by atoms with Crippen molar-refractivity contribution in [2.45, 2.75) is 336 Å². The average Bonchev–Trinajstić information content (AvgIpc) is 1.66. The summed E-state index contributed by atoms with van der Waals surface area (Å²) in [6, 6.07) is 9.16. The molecule has 0 unspecified atom stereocenters. The highest BCUT2D eigenvalue weighted by atomic mass is 79.9. The van der Waals surface area contributed by atoms with Crippen LogP contribution in [0.4, 0.5) is 0 Å². The van der Waals surface area contributed by atoms with E-state index in [1.54, 1.807) is 45.3 Å². The lowest BCUT2D eigenvalue weighted by atomic mass is 10.0. The molecule has 10 rings (SSSR count). The van der Waals surface area contributed by atoms with Crippen LogP contribution in [0.3, 0.4) is 0 Å². The Morgan fingerprint density at radius 3 is 0.876 bits per heavy atom. The van der Waals surface area contributed by atoms with Crippen LogP contribution in [0.1, 0.15) is 332 Å². The van der Waals surface area contributed by atoms with Gasteiger partial charge in [-0.3, -0.25) is 9.59 Å². The van der Waals surface area contributed by atoms with Crippen molar-refractivity contribution in [3.63, 3.8) is 0 Å². The van der Waals surface area contributed by atoms with Gasteiger partial charge in [0.15, 0.2) is 0 Å². The van der Waals surface area contributed by atoms with E-state index in [1.165, 1.54) is 323 Å². The Morgan fingerprint density at radius 1 is 0.371 bits per heavy atom. The van der Waals surface area contributed by atoms with E-state index in [0.717, 1.165) is 107 Å². The Hall–Kier alpha value is -1.42. The molecule has 0 bridgehead atoms. The van der Waals surface area contributed by atoms with Gasteiger partial charge in [-0.15, -0.1) is 45.3 Å². The van der Waals surface area contributed by atoms with Crippen LogP contribution in [0.15, 0.2) is 42.6 Å². The van der Waals surface area contributed by atoms with Crippen LogP contribution < -0.4 is 0 Å². The Kier molecular flexibility index (Phi) is 46.3. The number of unbranched alkanes of at least 4 members (excludes halogenated alkanes) is 36. The number of fused-ring (bicyclic) bond motifs is 2. The van der Waals surface area contributed by atoms with Crippen LogP contribution in [0.5, 0.6) is 0 Å². The van der Waals surface area contributed by atoms with E-state index in [9.17, 15) is 9.59 Å². The van der Waals surface area contributed by atoms with Crippen molar-refractivity contribution in [3.8, 4) is 41.8 Å². The second-order valence-electron chi connectivity index (χ2n) is 28.8. The third-order valence-electron chi connectivity index (χ3n) is 20.1. The Bertz CT molecular complexity index is 3510. The maximum Gasteiger partial charge on any atom is 0.239 e. The van der Waals surface area contributed by atoms with E-state index < -0.39 is 0 Å². The molecule has 2 aliphatic heterocycles. The summed E-state index contributed by atoms with van der Waals surface area (Å²) < 4.78 is 27.2. The van der Waals surface area contributed by atoms with Crippen molar-refractivity contribution in [2.24, 2.45) is 0 Å². The predicted octanol–water partition coefficient (Wildman–Crippen LogP) is 33.5. The number of carbonyl (C=O) groups is 2. The Morgan fingerprint density at radius 2 is 0.629 bits per heavy atom. The molecule has 0 spiro atoms. The SMILES string of the molecule is C1CCOC1.CCCCCCCCCCCCc1cc(-c2c(Cl)c(Cl)c(-c3cc(CCCCCCCCCCCC)c(Br)s3)c3nsnc23)sc1Br.CCCCCCCCCCCCc1csc(-c2c(Cl)c(Cl)c(-c3cc(CCCCCCCCCCCC)cs3)c3nsnc23)c1.O=C1CCC(=O)N1Br. The molecule has 2 saturated heterocycles.